The molecule has 1 rings (SSSR count). The van der Waals surface area contributed by atoms with Crippen LogP contribution in [0.15, 0.2) is 24.3 Å². The van der Waals surface area contributed by atoms with Gasteiger partial charge in [-0.2, -0.15) is 8.42 Å². The third-order valence-electron chi connectivity index (χ3n) is 1.95. The first-order valence-corrected chi connectivity index (χ1v) is 6.68. The van der Waals surface area contributed by atoms with E-state index in [0.717, 1.165) is 11.1 Å². The molecule has 0 spiro atoms. The van der Waals surface area contributed by atoms with Crippen molar-refractivity contribution < 1.29 is 28.3 Å². The van der Waals surface area contributed by atoms with Crippen LogP contribution in [-0.2, 0) is 14.9 Å². The monoisotopic (exact) mass is 278 g/mol. The quantitative estimate of drug-likeness (QED) is 0.776. The summed E-state index contributed by atoms with van der Waals surface area (Å²) >= 11 is 0. The number of carboxylic acid groups (broad SMARTS) is 1. The van der Waals surface area contributed by atoms with Crippen molar-refractivity contribution in [1.29, 1.82) is 0 Å². The number of aliphatic carboxylic acids is 1. The van der Waals surface area contributed by atoms with Crippen molar-refractivity contribution in [2.75, 3.05) is 6.26 Å². The Morgan fingerprint density at radius 3 is 1.83 bits per heavy atom. The van der Waals surface area contributed by atoms with Crippen LogP contribution < -0.4 is 0 Å². The van der Waals surface area contributed by atoms with E-state index < -0.39 is 22.0 Å². The van der Waals surface area contributed by atoms with Crippen LogP contribution in [0, 0.1) is 6.92 Å². The summed E-state index contributed by atoms with van der Waals surface area (Å²) in [6.45, 7) is 3.67. The number of rotatable bonds is 2. The third-order valence-corrected chi connectivity index (χ3v) is 1.95. The number of hydrogen-bond donors (Lipinski definition) is 2. The number of carbonyl (C=O) groups is 1. The number of carboxylic acids is 1. The van der Waals surface area contributed by atoms with Gasteiger partial charge in [0.1, 0.15) is 0 Å². The molecule has 0 aliphatic heterocycles. The van der Waals surface area contributed by atoms with Crippen molar-refractivity contribution in [3.8, 4) is 0 Å². The number of aryl methyl sites for hydroxylation is 1. The van der Waals surface area contributed by atoms with Crippen LogP contribution >= 0.6 is 0 Å². The van der Waals surface area contributed by atoms with Crippen molar-refractivity contribution in [3.63, 3.8) is 0 Å². The molecule has 1 unspecified atom stereocenters. The standard InChI is InChI=1S/C10H12O2.CH4O3S.H2O/c1-7-3-5-9(6-4-7)8(2)10(11)12;1-5(2,3)4;/h3-6,8H,1-2H3,(H,11,12);1H3,(H,2,3,4);1H2. The molecule has 6 nitrogen and oxygen atoms in total. The van der Waals surface area contributed by atoms with Gasteiger partial charge in [0.25, 0.3) is 10.1 Å². The molecular weight excluding hydrogens is 260 g/mol. The predicted molar refractivity (Wildman–Crippen MR) is 68.3 cm³/mol. The molecule has 0 saturated heterocycles. The molecule has 1 aromatic rings. The Balaban J connectivity index is 0. The first-order valence-electron chi connectivity index (χ1n) is 4.83. The van der Waals surface area contributed by atoms with Gasteiger partial charge in [-0.3, -0.25) is 9.35 Å². The van der Waals surface area contributed by atoms with Gasteiger partial charge in [0.2, 0.25) is 0 Å². The lowest BCUT2D eigenvalue weighted by Gasteiger charge is -2.05. The van der Waals surface area contributed by atoms with E-state index in [1.807, 2.05) is 31.2 Å². The van der Waals surface area contributed by atoms with Gasteiger partial charge in [0, 0.05) is 0 Å². The van der Waals surface area contributed by atoms with Crippen LogP contribution in [0.3, 0.4) is 0 Å². The fraction of sp³-hybridized carbons (Fsp3) is 0.364. The molecular formula is C11H18O6S. The Bertz CT molecular complexity index is 455. The zero-order chi connectivity index (χ0) is 13.6. The molecule has 0 radical (unpaired) electrons. The first-order chi connectivity index (χ1) is 7.61. The Hall–Kier alpha value is -1.44. The van der Waals surface area contributed by atoms with Gasteiger partial charge in [-0.1, -0.05) is 29.8 Å². The second kappa shape index (κ2) is 7.80. The maximum Gasteiger partial charge on any atom is 0.310 e. The average Bonchev–Trinajstić information content (AvgIpc) is 2.15. The molecule has 0 fully saturated rings. The molecule has 104 valence electrons. The van der Waals surface area contributed by atoms with Gasteiger partial charge in [-0.25, -0.2) is 0 Å². The fourth-order valence-corrected chi connectivity index (χ4v) is 0.998. The summed E-state index contributed by atoms with van der Waals surface area (Å²) in [7, 11) is -3.67. The molecule has 4 N–H and O–H groups in total. The van der Waals surface area contributed by atoms with E-state index in [1.54, 1.807) is 6.92 Å². The molecule has 0 saturated carbocycles. The SMILES string of the molecule is CS(=O)(=O)O.Cc1ccc(C(C)C(=O)O)cc1.O. The molecule has 0 amide bonds. The zero-order valence-corrected chi connectivity index (χ0v) is 11.2. The third kappa shape index (κ3) is 9.76. The maximum atomic E-state index is 10.6. The second-order valence-corrected chi connectivity index (χ2v) is 5.17. The van der Waals surface area contributed by atoms with E-state index in [-0.39, 0.29) is 5.48 Å². The van der Waals surface area contributed by atoms with Gasteiger partial charge in [0.15, 0.2) is 0 Å². The highest BCUT2D eigenvalue weighted by molar-refractivity contribution is 7.85. The van der Waals surface area contributed by atoms with Gasteiger partial charge >= 0.3 is 5.97 Å². The molecule has 0 aromatic heterocycles. The van der Waals surface area contributed by atoms with E-state index in [1.165, 1.54) is 0 Å². The molecule has 1 aromatic carbocycles. The normalized spacial score (nSPS) is 11.6. The Morgan fingerprint density at radius 2 is 1.56 bits per heavy atom. The number of benzene rings is 1. The topological polar surface area (TPSA) is 123 Å². The Morgan fingerprint density at radius 1 is 1.22 bits per heavy atom. The van der Waals surface area contributed by atoms with E-state index >= 15 is 0 Å². The van der Waals surface area contributed by atoms with Crippen molar-refractivity contribution in [3.05, 3.63) is 35.4 Å². The lowest BCUT2D eigenvalue weighted by molar-refractivity contribution is -0.138. The molecule has 18 heavy (non-hydrogen) atoms. The molecule has 0 aliphatic carbocycles. The lowest BCUT2D eigenvalue weighted by Crippen LogP contribution is -2.06. The highest BCUT2D eigenvalue weighted by Crippen LogP contribution is 2.15. The van der Waals surface area contributed by atoms with Crippen molar-refractivity contribution in [1.82, 2.24) is 0 Å². The minimum Gasteiger partial charge on any atom is -0.481 e. The Labute approximate surface area is 106 Å². The predicted octanol–water partition coefficient (Wildman–Crippen LogP) is 0.862. The minimum atomic E-state index is -3.67. The van der Waals surface area contributed by atoms with Gasteiger partial charge < -0.3 is 10.6 Å². The van der Waals surface area contributed by atoms with E-state index in [9.17, 15) is 13.2 Å². The molecule has 0 heterocycles. The summed E-state index contributed by atoms with van der Waals surface area (Å²) in [6, 6.07) is 7.56. The Kier molecular flexibility index (Phi) is 8.20. The van der Waals surface area contributed by atoms with Gasteiger partial charge in [-0.05, 0) is 19.4 Å². The summed E-state index contributed by atoms with van der Waals surface area (Å²) in [5.74, 6) is -1.19. The van der Waals surface area contributed by atoms with E-state index in [4.69, 9.17) is 9.66 Å². The molecule has 0 aliphatic rings. The highest BCUT2D eigenvalue weighted by atomic mass is 32.2. The van der Waals surface area contributed by atoms with Gasteiger partial charge in [0.05, 0.1) is 12.2 Å². The van der Waals surface area contributed by atoms with Crippen molar-refractivity contribution in [2.45, 2.75) is 19.8 Å². The van der Waals surface area contributed by atoms with Crippen LogP contribution in [0.1, 0.15) is 24.0 Å². The van der Waals surface area contributed by atoms with E-state index in [2.05, 4.69) is 0 Å². The first kappa shape index (κ1) is 18.9. The van der Waals surface area contributed by atoms with Crippen LogP contribution in [0.5, 0.6) is 0 Å². The van der Waals surface area contributed by atoms with Crippen LogP contribution in [-0.4, -0.2) is 35.8 Å². The minimum absolute atomic E-state index is 0. The zero-order valence-electron chi connectivity index (χ0n) is 10.4. The summed E-state index contributed by atoms with van der Waals surface area (Å²) in [6.07, 6.45) is 0.715. The second-order valence-electron chi connectivity index (χ2n) is 3.70. The van der Waals surface area contributed by atoms with Gasteiger partial charge in [-0.15, -0.1) is 0 Å². The summed E-state index contributed by atoms with van der Waals surface area (Å²) in [5, 5.41) is 8.70. The largest absolute Gasteiger partial charge is 0.481 e. The molecule has 7 heteroatoms. The van der Waals surface area contributed by atoms with Crippen molar-refractivity contribution >= 4 is 16.1 Å². The van der Waals surface area contributed by atoms with Crippen LogP contribution in [0.4, 0.5) is 0 Å². The summed E-state index contributed by atoms with van der Waals surface area (Å²) in [4.78, 5) is 10.6. The average molecular weight is 278 g/mol. The number of hydrogen-bond acceptors (Lipinski definition) is 3. The molecule has 1 atom stereocenters. The van der Waals surface area contributed by atoms with E-state index in [0.29, 0.717) is 6.26 Å². The summed E-state index contributed by atoms with van der Waals surface area (Å²) < 4.78 is 25.9. The highest BCUT2D eigenvalue weighted by Gasteiger charge is 2.12. The van der Waals surface area contributed by atoms with Crippen LogP contribution in [0.2, 0.25) is 0 Å². The van der Waals surface area contributed by atoms with Crippen molar-refractivity contribution in [2.24, 2.45) is 0 Å². The smallest absolute Gasteiger partial charge is 0.310 e. The maximum absolute atomic E-state index is 10.6. The molecule has 0 bridgehead atoms. The fourth-order valence-electron chi connectivity index (χ4n) is 0.998. The lowest BCUT2D eigenvalue weighted by atomic mass is 10.0. The van der Waals surface area contributed by atoms with Crippen LogP contribution in [0.25, 0.3) is 0 Å². The summed E-state index contributed by atoms with van der Waals surface area (Å²) in [5.41, 5.74) is 2.00.